The number of sulfonamides is 1. The van der Waals surface area contributed by atoms with Crippen LogP contribution in [0, 0.1) is 10.1 Å². The van der Waals surface area contributed by atoms with Gasteiger partial charge in [-0.25, -0.2) is 8.42 Å². The summed E-state index contributed by atoms with van der Waals surface area (Å²) in [7, 11) is -3.80. The number of nitro groups is 1. The molecule has 144 valence electrons. The molecule has 0 unspecified atom stereocenters. The van der Waals surface area contributed by atoms with Crippen LogP contribution in [-0.2, 0) is 16.4 Å². The normalized spacial score (nSPS) is 13.6. The lowest BCUT2D eigenvalue weighted by atomic mass is 10.0. The minimum Gasteiger partial charge on any atom is -0.397 e. The molecule has 1 aliphatic rings. The van der Waals surface area contributed by atoms with Crippen molar-refractivity contribution in [1.82, 2.24) is 0 Å². The van der Waals surface area contributed by atoms with Crippen molar-refractivity contribution in [2.75, 3.05) is 16.2 Å². The molecule has 3 aromatic rings. The van der Waals surface area contributed by atoms with Gasteiger partial charge < -0.3 is 11.5 Å². The minimum absolute atomic E-state index is 0.0390. The van der Waals surface area contributed by atoms with E-state index in [1.165, 1.54) is 12.1 Å². The maximum absolute atomic E-state index is 12.3. The third kappa shape index (κ3) is 4.04. The van der Waals surface area contributed by atoms with Crippen molar-refractivity contribution in [3.8, 4) is 0 Å². The number of nitrogens with one attached hydrogen (secondary N) is 1. The van der Waals surface area contributed by atoms with Crippen LogP contribution in [0.25, 0.3) is 0 Å². The van der Waals surface area contributed by atoms with Gasteiger partial charge in [-0.15, -0.1) is 0 Å². The van der Waals surface area contributed by atoms with E-state index in [0.29, 0.717) is 29.0 Å². The lowest BCUT2D eigenvalue weighted by molar-refractivity contribution is -0.385. The number of nitrogens with zero attached hydrogens (tertiary/aromatic N) is 1. The average molecular weight is 398 g/mol. The number of benzene rings is 3. The molecule has 0 atom stereocenters. The molecule has 1 aliphatic heterocycles. The molecule has 9 heteroatoms. The fourth-order valence-electron chi connectivity index (χ4n) is 2.74. The molecule has 0 bridgehead atoms. The number of nitrogen functional groups attached to an aromatic ring is 2. The molecule has 0 amide bonds. The first kappa shape index (κ1) is 19.2. The van der Waals surface area contributed by atoms with Crippen molar-refractivity contribution >= 4 is 32.8 Å². The second-order valence-electron chi connectivity index (χ2n) is 6.12. The fourth-order valence-corrected chi connectivity index (χ4v) is 4.10. The van der Waals surface area contributed by atoms with Crippen LogP contribution < -0.4 is 16.2 Å². The van der Waals surface area contributed by atoms with Crippen molar-refractivity contribution in [2.45, 2.75) is 11.3 Å². The summed E-state index contributed by atoms with van der Waals surface area (Å²) in [6.45, 7) is 0. The molecule has 0 spiro atoms. The monoisotopic (exact) mass is 398 g/mol. The predicted molar refractivity (Wildman–Crippen MR) is 108 cm³/mol. The first-order valence-electron chi connectivity index (χ1n) is 8.26. The zero-order valence-electron chi connectivity index (χ0n) is 14.7. The van der Waals surface area contributed by atoms with Gasteiger partial charge in [0.25, 0.3) is 15.7 Å². The van der Waals surface area contributed by atoms with E-state index in [0.717, 1.165) is 11.6 Å². The topological polar surface area (TPSA) is 141 Å². The summed E-state index contributed by atoms with van der Waals surface area (Å²) in [5.74, 6) is 0. The molecular weight excluding hydrogens is 380 g/mol. The second-order valence-corrected chi connectivity index (χ2v) is 7.77. The van der Waals surface area contributed by atoms with E-state index in [-0.39, 0.29) is 10.6 Å². The van der Waals surface area contributed by atoms with Gasteiger partial charge in [0.05, 0.1) is 26.9 Å². The average Bonchev–Trinajstić information content (AvgIpc) is 2.77. The summed E-state index contributed by atoms with van der Waals surface area (Å²) < 4.78 is 27.1. The Morgan fingerprint density at radius 3 is 2.11 bits per heavy atom. The molecule has 3 aromatic carbocycles. The van der Waals surface area contributed by atoms with Crippen LogP contribution in [0.2, 0.25) is 0 Å². The Balaban J connectivity index is 0.000000236. The first-order chi connectivity index (χ1) is 13.3. The van der Waals surface area contributed by atoms with Crippen molar-refractivity contribution in [1.29, 1.82) is 0 Å². The fraction of sp³-hybridized carbons (Fsp3) is 0.0526. The molecule has 8 nitrogen and oxygen atoms in total. The van der Waals surface area contributed by atoms with Crippen LogP contribution in [0.15, 0.2) is 71.6 Å². The largest absolute Gasteiger partial charge is 0.397 e. The summed E-state index contributed by atoms with van der Waals surface area (Å²) in [4.78, 5) is 10.1. The molecule has 0 aromatic heterocycles. The molecule has 1 heterocycles. The van der Waals surface area contributed by atoms with Gasteiger partial charge in [-0.3, -0.25) is 14.8 Å². The number of nitro benzene ring substituents is 1. The van der Waals surface area contributed by atoms with Crippen LogP contribution in [0.5, 0.6) is 0 Å². The van der Waals surface area contributed by atoms with Gasteiger partial charge in [0.15, 0.2) is 0 Å². The molecule has 0 radical (unpaired) electrons. The molecule has 28 heavy (non-hydrogen) atoms. The Kier molecular flexibility index (Phi) is 5.18. The number of para-hydroxylation sites is 3. The molecule has 5 N–H and O–H groups in total. The maximum atomic E-state index is 12.3. The molecule has 0 aliphatic carbocycles. The number of anilines is 3. The third-order valence-corrected chi connectivity index (χ3v) is 5.64. The third-order valence-electron chi connectivity index (χ3n) is 4.19. The Morgan fingerprint density at radius 1 is 0.893 bits per heavy atom. The quantitative estimate of drug-likeness (QED) is 0.327. The van der Waals surface area contributed by atoms with Crippen molar-refractivity contribution in [3.05, 3.63) is 88.0 Å². The van der Waals surface area contributed by atoms with E-state index in [1.54, 1.807) is 24.3 Å². The Bertz CT molecular complexity index is 1130. The van der Waals surface area contributed by atoms with Crippen LogP contribution in [0.4, 0.5) is 22.7 Å². The number of fused-ring (bicyclic) bond motifs is 2. The zero-order chi connectivity index (χ0) is 20.3. The van der Waals surface area contributed by atoms with E-state index < -0.39 is 14.9 Å². The number of non-ortho nitro benzene ring substituents is 1. The first-order valence-corrected chi connectivity index (χ1v) is 9.74. The van der Waals surface area contributed by atoms with Gasteiger partial charge in [0.2, 0.25) is 0 Å². The van der Waals surface area contributed by atoms with Gasteiger partial charge in [0.1, 0.15) is 0 Å². The lowest BCUT2D eigenvalue weighted by Crippen LogP contribution is -2.13. The van der Waals surface area contributed by atoms with Crippen molar-refractivity contribution in [3.63, 3.8) is 0 Å². The zero-order valence-corrected chi connectivity index (χ0v) is 15.5. The van der Waals surface area contributed by atoms with Crippen molar-refractivity contribution < 1.29 is 13.3 Å². The summed E-state index contributed by atoms with van der Waals surface area (Å²) >= 11 is 0. The van der Waals surface area contributed by atoms with Crippen LogP contribution in [0.3, 0.4) is 0 Å². The smallest absolute Gasteiger partial charge is 0.270 e. The van der Waals surface area contributed by atoms with Gasteiger partial charge >= 0.3 is 0 Å². The van der Waals surface area contributed by atoms with E-state index in [1.807, 2.05) is 24.3 Å². The molecule has 0 fully saturated rings. The van der Waals surface area contributed by atoms with Gasteiger partial charge in [-0.1, -0.05) is 36.4 Å². The molecular formula is C19H18N4O4S. The highest BCUT2D eigenvalue weighted by atomic mass is 32.2. The second kappa shape index (κ2) is 7.57. The Morgan fingerprint density at radius 2 is 1.50 bits per heavy atom. The number of rotatable bonds is 1. The highest BCUT2D eigenvalue weighted by Crippen LogP contribution is 2.32. The molecule has 0 saturated carbocycles. The van der Waals surface area contributed by atoms with Crippen LogP contribution in [-0.4, -0.2) is 13.3 Å². The Labute approximate surface area is 162 Å². The standard InChI is InChI=1S/C13H10N2O4S.C6H8N2/c16-15(17)11-6-5-10-7-9-3-1-2-4-12(9)14-20(18,19)13(10)8-11;7-5-3-1-2-4-6(5)8/h1-6,8,14H,7H2;1-4H,7-8H2. The van der Waals surface area contributed by atoms with Crippen LogP contribution >= 0.6 is 0 Å². The number of nitrogens with two attached hydrogens (primary N) is 2. The van der Waals surface area contributed by atoms with Crippen molar-refractivity contribution in [2.24, 2.45) is 0 Å². The van der Waals surface area contributed by atoms with E-state index in [4.69, 9.17) is 11.5 Å². The van der Waals surface area contributed by atoms with Gasteiger partial charge in [0, 0.05) is 18.6 Å². The van der Waals surface area contributed by atoms with Gasteiger partial charge in [-0.05, 0) is 29.3 Å². The highest BCUT2D eigenvalue weighted by Gasteiger charge is 2.26. The SMILES string of the molecule is Nc1ccccc1N.O=[N+]([O-])c1ccc2c(c1)S(=O)(=O)Nc1ccccc1C2. The minimum atomic E-state index is -3.80. The van der Waals surface area contributed by atoms with Gasteiger partial charge in [-0.2, -0.15) is 0 Å². The summed E-state index contributed by atoms with van der Waals surface area (Å²) in [6, 6.07) is 18.2. The number of hydrogen-bond donors (Lipinski definition) is 3. The predicted octanol–water partition coefficient (Wildman–Crippen LogP) is 3.15. The molecule has 4 rings (SSSR count). The summed E-state index contributed by atoms with van der Waals surface area (Å²) in [6.07, 6.45) is 0.412. The summed E-state index contributed by atoms with van der Waals surface area (Å²) in [5, 5.41) is 10.8. The molecule has 0 saturated heterocycles. The van der Waals surface area contributed by atoms with E-state index in [9.17, 15) is 18.5 Å². The van der Waals surface area contributed by atoms with E-state index >= 15 is 0 Å². The Hall–Kier alpha value is -3.59. The number of hydrogen-bond acceptors (Lipinski definition) is 6. The van der Waals surface area contributed by atoms with Crippen LogP contribution in [0.1, 0.15) is 11.1 Å². The highest BCUT2D eigenvalue weighted by molar-refractivity contribution is 7.92. The lowest BCUT2D eigenvalue weighted by Gasteiger charge is -2.07. The maximum Gasteiger partial charge on any atom is 0.270 e. The van der Waals surface area contributed by atoms with E-state index in [2.05, 4.69) is 4.72 Å². The summed E-state index contributed by atoms with van der Waals surface area (Å²) in [5.41, 5.74) is 13.7.